The highest BCUT2D eigenvalue weighted by atomic mass is 19.4. The van der Waals surface area contributed by atoms with Gasteiger partial charge in [0.05, 0.1) is 23.9 Å². The topological polar surface area (TPSA) is 35.9 Å². The number of likely N-dealkylation sites (N-methyl/N-ethyl adjacent to an activating group) is 1. The molecular weight excluding hydrogens is 321 g/mol. The zero-order valence-corrected chi connectivity index (χ0v) is 14.3. The molecule has 2 rings (SSSR count). The van der Waals surface area contributed by atoms with Gasteiger partial charge in [0.25, 0.3) is 0 Å². The van der Waals surface area contributed by atoms with Crippen LogP contribution in [0.5, 0.6) is 0 Å². The van der Waals surface area contributed by atoms with E-state index in [-0.39, 0.29) is 18.2 Å². The van der Waals surface area contributed by atoms with Gasteiger partial charge in [0.2, 0.25) is 0 Å². The van der Waals surface area contributed by atoms with Crippen LogP contribution in [-0.4, -0.2) is 67.9 Å². The van der Waals surface area contributed by atoms with Gasteiger partial charge in [0.15, 0.2) is 0 Å². The maximum Gasteiger partial charge on any atom is 0.416 e. The summed E-state index contributed by atoms with van der Waals surface area (Å²) in [5.41, 5.74) is -1.83. The predicted octanol–water partition coefficient (Wildman–Crippen LogP) is 2.18. The van der Waals surface area contributed by atoms with E-state index >= 15 is 0 Å². The smallest absolute Gasteiger partial charge is 0.384 e. The van der Waals surface area contributed by atoms with E-state index in [1.165, 1.54) is 12.1 Å². The van der Waals surface area contributed by atoms with Crippen LogP contribution >= 0.6 is 0 Å². The largest absolute Gasteiger partial charge is 0.416 e. The lowest BCUT2D eigenvalue weighted by Gasteiger charge is -2.38. The summed E-state index contributed by atoms with van der Waals surface area (Å²) < 4.78 is 44.3. The molecule has 1 aliphatic rings. The molecule has 1 heterocycles. The van der Waals surface area contributed by atoms with Crippen molar-refractivity contribution in [3.05, 3.63) is 35.4 Å². The van der Waals surface area contributed by atoms with Gasteiger partial charge >= 0.3 is 6.18 Å². The number of hydrogen-bond donors (Lipinski definition) is 1. The first-order chi connectivity index (χ1) is 11.1. The van der Waals surface area contributed by atoms with Gasteiger partial charge in [-0.3, -0.25) is 4.90 Å². The molecule has 1 N–H and O–H groups in total. The number of hydrogen-bond acceptors (Lipinski definition) is 4. The lowest BCUT2D eigenvalue weighted by Crippen LogP contribution is -2.50. The molecule has 0 unspecified atom stereocenters. The zero-order chi connectivity index (χ0) is 18.0. The molecule has 0 aliphatic carbocycles. The summed E-state index contributed by atoms with van der Waals surface area (Å²) in [5, 5.41) is 10.7. The van der Waals surface area contributed by atoms with Crippen molar-refractivity contribution in [2.24, 2.45) is 0 Å². The summed E-state index contributed by atoms with van der Waals surface area (Å²) in [4.78, 5) is 4.07. The van der Waals surface area contributed by atoms with E-state index in [4.69, 9.17) is 4.74 Å². The van der Waals surface area contributed by atoms with Gasteiger partial charge in [-0.2, -0.15) is 13.2 Å². The molecule has 0 aromatic heterocycles. The fourth-order valence-electron chi connectivity index (χ4n) is 3.00. The van der Waals surface area contributed by atoms with Crippen LogP contribution in [0, 0.1) is 0 Å². The molecule has 1 saturated heterocycles. The Balaban J connectivity index is 2.07. The molecule has 0 amide bonds. The zero-order valence-electron chi connectivity index (χ0n) is 14.3. The van der Waals surface area contributed by atoms with Crippen LogP contribution in [0.25, 0.3) is 0 Å². The molecule has 0 radical (unpaired) electrons. The number of halogens is 3. The molecule has 1 aromatic carbocycles. The number of morpholine rings is 1. The number of β-amino-alcohol motifs (C(OH)–C–C–N with tert-alkyl or cyclic N) is 1. The molecule has 1 fully saturated rings. The Kier molecular flexibility index (Phi) is 5.91. The van der Waals surface area contributed by atoms with Crippen molar-refractivity contribution in [1.29, 1.82) is 0 Å². The SMILES string of the molecule is CN(C)C[C@@H]1CN(C[C@](C)(O)c2cccc(C(F)(F)F)c2)CCO1. The second-order valence-corrected chi connectivity index (χ2v) is 6.84. The van der Waals surface area contributed by atoms with E-state index in [1.54, 1.807) is 6.92 Å². The lowest BCUT2D eigenvalue weighted by molar-refractivity contribution is -0.137. The number of ether oxygens (including phenoxy) is 1. The second kappa shape index (κ2) is 7.39. The van der Waals surface area contributed by atoms with E-state index in [0.29, 0.717) is 19.7 Å². The summed E-state index contributed by atoms with van der Waals surface area (Å²) in [6.07, 6.45) is -4.38. The van der Waals surface area contributed by atoms with Crippen molar-refractivity contribution < 1.29 is 23.0 Å². The Hall–Kier alpha value is -1.15. The minimum absolute atomic E-state index is 0.0334. The van der Waals surface area contributed by atoms with E-state index in [2.05, 4.69) is 0 Å². The molecule has 1 aromatic rings. The lowest BCUT2D eigenvalue weighted by atomic mass is 9.93. The van der Waals surface area contributed by atoms with Gasteiger partial charge in [-0.05, 0) is 38.7 Å². The molecule has 0 bridgehead atoms. The van der Waals surface area contributed by atoms with E-state index in [1.807, 2.05) is 23.9 Å². The number of aliphatic hydroxyl groups is 1. The maximum absolute atomic E-state index is 12.9. The molecule has 136 valence electrons. The summed E-state index contributed by atoms with van der Waals surface area (Å²) in [6.45, 7) is 4.44. The highest BCUT2D eigenvalue weighted by molar-refractivity contribution is 5.29. The monoisotopic (exact) mass is 346 g/mol. The fraction of sp³-hybridized carbons (Fsp3) is 0.647. The van der Waals surface area contributed by atoms with Crippen LogP contribution in [-0.2, 0) is 16.5 Å². The van der Waals surface area contributed by atoms with Gasteiger partial charge in [0, 0.05) is 26.2 Å². The van der Waals surface area contributed by atoms with Gasteiger partial charge in [-0.15, -0.1) is 0 Å². The third-order valence-electron chi connectivity index (χ3n) is 4.13. The highest BCUT2D eigenvalue weighted by Gasteiger charge is 2.34. The van der Waals surface area contributed by atoms with Gasteiger partial charge in [0.1, 0.15) is 0 Å². The normalized spacial score (nSPS) is 22.6. The van der Waals surface area contributed by atoms with Crippen molar-refractivity contribution >= 4 is 0 Å². The van der Waals surface area contributed by atoms with Gasteiger partial charge in [-0.25, -0.2) is 0 Å². The number of benzene rings is 1. The minimum Gasteiger partial charge on any atom is -0.384 e. The van der Waals surface area contributed by atoms with Crippen LogP contribution in [0.15, 0.2) is 24.3 Å². The first-order valence-corrected chi connectivity index (χ1v) is 7.97. The Morgan fingerprint density at radius 3 is 2.58 bits per heavy atom. The third kappa shape index (κ3) is 5.17. The van der Waals surface area contributed by atoms with E-state index in [0.717, 1.165) is 18.7 Å². The Bertz CT molecular complexity index is 547. The third-order valence-corrected chi connectivity index (χ3v) is 4.13. The second-order valence-electron chi connectivity index (χ2n) is 6.84. The molecule has 7 heteroatoms. The molecule has 4 nitrogen and oxygen atoms in total. The van der Waals surface area contributed by atoms with Gasteiger partial charge < -0.3 is 14.7 Å². The summed E-state index contributed by atoms with van der Waals surface area (Å²) in [6, 6.07) is 4.91. The Morgan fingerprint density at radius 1 is 1.29 bits per heavy atom. The summed E-state index contributed by atoms with van der Waals surface area (Å²) >= 11 is 0. The molecule has 1 aliphatic heterocycles. The maximum atomic E-state index is 12.9. The number of rotatable bonds is 5. The number of alkyl halides is 3. The quantitative estimate of drug-likeness (QED) is 0.887. The first kappa shape index (κ1) is 19.2. The van der Waals surface area contributed by atoms with Crippen LogP contribution in [0.3, 0.4) is 0 Å². The van der Waals surface area contributed by atoms with Crippen molar-refractivity contribution in [2.45, 2.75) is 24.8 Å². The molecule has 2 atom stereocenters. The molecule has 0 saturated carbocycles. The Labute approximate surface area is 140 Å². The van der Waals surface area contributed by atoms with Gasteiger partial charge in [-0.1, -0.05) is 12.1 Å². The highest BCUT2D eigenvalue weighted by Crippen LogP contribution is 2.32. The fourth-order valence-corrected chi connectivity index (χ4v) is 3.00. The average molecular weight is 346 g/mol. The van der Waals surface area contributed by atoms with Crippen LogP contribution < -0.4 is 0 Å². The van der Waals surface area contributed by atoms with E-state index < -0.39 is 17.3 Å². The van der Waals surface area contributed by atoms with Crippen molar-refractivity contribution in [1.82, 2.24) is 9.80 Å². The Morgan fingerprint density at radius 2 is 1.96 bits per heavy atom. The van der Waals surface area contributed by atoms with Crippen LogP contribution in [0.1, 0.15) is 18.1 Å². The van der Waals surface area contributed by atoms with Crippen molar-refractivity contribution in [3.8, 4) is 0 Å². The van der Waals surface area contributed by atoms with E-state index in [9.17, 15) is 18.3 Å². The molecular formula is C17H25F3N2O2. The first-order valence-electron chi connectivity index (χ1n) is 7.97. The molecule has 24 heavy (non-hydrogen) atoms. The standard InChI is InChI=1S/C17H25F3N2O2/c1-16(23,13-5-4-6-14(9-13)17(18,19)20)12-22-7-8-24-15(11-22)10-21(2)3/h4-6,9,15,23H,7-8,10-12H2,1-3H3/t15-,16+/m1/s1. The van der Waals surface area contributed by atoms with Crippen LogP contribution in [0.2, 0.25) is 0 Å². The number of nitrogens with zero attached hydrogens (tertiary/aromatic N) is 2. The summed E-state index contributed by atoms with van der Waals surface area (Å²) in [7, 11) is 3.92. The minimum atomic E-state index is -4.41. The summed E-state index contributed by atoms with van der Waals surface area (Å²) in [5.74, 6) is 0. The average Bonchev–Trinajstić information content (AvgIpc) is 2.45. The van der Waals surface area contributed by atoms with Crippen molar-refractivity contribution in [2.75, 3.05) is 46.9 Å². The van der Waals surface area contributed by atoms with Crippen molar-refractivity contribution in [3.63, 3.8) is 0 Å². The predicted molar refractivity (Wildman–Crippen MR) is 85.7 cm³/mol. The molecule has 0 spiro atoms. The van der Waals surface area contributed by atoms with Crippen LogP contribution in [0.4, 0.5) is 13.2 Å².